The van der Waals surface area contributed by atoms with Crippen molar-refractivity contribution < 1.29 is 19.4 Å². The summed E-state index contributed by atoms with van der Waals surface area (Å²) >= 11 is 0. The maximum atomic E-state index is 11.7. The van der Waals surface area contributed by atoms with Crippen LogP contribution in [0.1, 0.15) is 15.9 Å². The van der Waals surface area contributed by atoms with Gasteiger partial charge in [-0.3, -0.25) is 0 Å². The first-order valence-corrected chi connectivity index (χ1v) is 9.64. The van der Waals surface area contributed by atoms with Crippen molar-refractivity contribution in [2.75, 3.05) is 43.6 Å². The summed E-state index contributed by atoms with van der Waals surface area (Å²) in [6.07, 6.45) is 0. The number of carboxylic acids is 1. The molecule has 150 valence electrons. The Morgan fingerprint density at radius 1 is 1.14 bits per heavy atom. The number of carbonyl (C=O) groups is 1. The predicted molar refractivity (Wildman–Crippen MR) is 112 cm³/mol. The van der Waals surface area contributed by atoms with Gasteiger partial charge in [-0.1, -0.05) is 30.3 Å². The third-order valence-electron chi connectivity index (χ3n) is 5.26. The molecule has 1 fully saturated rings. The summed E-state index contributed by atoms with van der Waals surface area (Å²) in [4.78, 5) is 13.8. The Bertz CT molecular complexity index is 1030. The molecule has 6 heteroatoms. The summed E-state index contributed by atoms with van der Waals surface area (Å²) in [5.74, 6) is -0.390. The van der Waals surface area contributed by atoms with Crippen LogP contribution in [0.5, 0.6) is 5.75 Å². The Labute approximate surface area is 169 Å². The second-order valence-corrected chi connectivity index (χ2v) is 6.94. The number of hydrogen-bond acceptors (Lipinski definition) is 6. The van der Waals surface area contributed by atoms with E-state index in [1.54, 1.807) is 13.2 Å². The minimum Gasteiger partial charge on any atom is -0.545 e. The molecule has 0 bridgehead atoms. The molecule has 0 aliphatic carbocycles. The average molecular weight is 391 g/mol. The van der Waals surface area contributed by atoms with Crippen molar-refractivity contribution in [3.8, 4) is 5.75 Å². The molecule has 0 unspecified atom stereocenters. The van der Waals surface area contributed by atoms with E-state index in [4.69, 9.17) is 9.47 Å². The smallest absolute Gasteiger partial charge is 0.124 e. The van der Waals surface area contributed by atoms with Crippen molar-refractivity contribution >= 4 is 28.1 Å². The van der Waals surface area contributed by atoms with Crippen LogP contribution in [-0.4, -0.2) is 39.4 Å². The lowest BCUT2D eigenvalue weighted by Crippen LogP contribution is -2.38. The van der Waals surface area contributed by atoms with Crippen LogP contribution in [0, 0.1) is 0 Å². The largest absolute Gasteiger partial charge is 0.545 e. The van der Waals surface area contributed by atoms with Gasteiger partial charge in [0.1, 0.15) is 5.75 Å². The molecule has 6 nitrogen and oxygen atoms in total. The minimum absolute atomic E-state index is 0.182. The zero-order valence-corrected chi connectivity index (χ0v) is 16.3. The molecule has 0 atom stereocenters. The molecule has 0 amide bonds. The lowest BCUT2D eigenvalue weighted by Gasteiger charge is -2.31. The van der Waals surface area contributed by atoms with Crippen LogP contribution in [0.3, 0.4) is 0 Å². The quantitative estimate of drug-likeness (QED) is 0.696. The molecule has 0 radical (unpaired) electrons. The summed E-state index contributed by atoms with van der Waals surface area (Å²) in [7, 11) is 1.65. The van der Waals surface area contributed by atoms with Crippen molar-refractivity contribution in [3.63, 3.8) is 0 Å². The van der Waals surface area contributed by atoms with Gasteiger partial charge in [0.05, 0.1) is 26.3 Å². The van der Waals surface area contributed by atoms with Crippen LogP contribution in [0.15, 0.2) is 54.6 Å². The van der Waals surface area contributed by atoms with Gasteiger partial charge in [0.2, 0.25) is 0 Å². The minimum atomic E-state index is -1.18. The van der Waals surface area contributed by atoms with Crippen molar-refractivity contribution in [3.05, 3.63) is 65.7 Å². The van der Waals surface area contributed by atoms with E-state index < -0.39 is 5.97 Å². The van der Waals surface area contributed by atoms with E-state index >= 15 is 0 Å². The first kappa shape index (κ1) is 19.1. The van der Waals surface area contributed by atoms with Gasteiger partial charge < -0.3 is 29.6 Å². The summed E-state index contributed by atoms with van der Waals surface area (Å²) in [6, 6.07) is 17.5. The third kappa shape index (κ3) is 3.98. The number of rotatable bonds is 6. The van der Waals surface area contributed by atoms with Crippen molar-refractivity contribution in [2.24, 2.45) is 0 Å². The molecule has 1 aliphatic heterocycles. The second kappa shape index (κ2) is 8.41. The third-order valence-corrected chi connectivity index (χ3v) is 5.26. The van der Waals surface area contributed by atoms with Crippen LogP contribution < -0.4 is 20.1 Å². The summed E-state index contributed by atoms with van der Waals surface area (Å²) in [5.41, 5.74) is 2.59. The number of nitrogens with one attached hydrogen (secondary N) is 1. The van der Waals surface area contributed by atoms with E-state index in [1.165, 1.54) is 0 Å². The Balaban J connectivity index is 1.61. The van der Waals surface area contributed by atoms with E-state index in [0.29, 0.717) is 38.5 Å². The zero-order valence-electron chi connectivity index (χ0n) is 16.3. The number of carboxylic acid groups (broad SMARTS) is 1. The van der Waals surface area contributed by atoms with E-state index in [1.807, 2.05) is 41.3 Å². The van der Waals surface area contributed by atoms with Crippen LogP contribution in [0.2, 0.25) is 0 Å². The fraction of sp³-hybridized carbons (Fsp3) is 0.261. The van der Waals surface area contributed by atoms with Crippen LogP contribution in [-0.2, 0) is 11.3 Å². The number of ether oxygens (including phenoxy) is 2. The molecular weight excluding hydrogens is 368 g/mol. The molecule has 3 aromatic rings. The molecule has 1 saturated heterocycles. The molecule has 0 saturated carbocycles. The highest BCUT2D eigenvalue weighted by Crippen LogP contribution is 2.30. The lowest BCUT2D eigenvalue weighted by atomic mass is 10.0. The van der Waals surface area contributed by atoms with Gasteiger partial charge in [0.15, 0.2) is 0 Å². The van der Waals surface area contributed by atoms with E-state index in [2.05, 4.69) is 17.4 Å². The molecule has 1 aliphatic rings. The number of morpholine rings is 1. The number of carbonyl (C=O) groups excluding carboxylic acids is 1. The molecule has 29 heavy (non-hydrogen) atoms. The van der Waals surface area contributed by atoms with Crippen molar-refractivity contribution in [1.82, 2.24) is 0 Å². The second-order valence-electron chi connectivity index (χ2n) is 6.94. The van der Waals surface area contributed by atoms with Gasteiger partial charge >= 0.3 is 0 Å². The number of nitrogens with zero attached hydrogens (tertiary/aromatic N) is 1. The first-order valence-electron chi connectivity index (χ1n) is 9.64. The highest BCUT2D eigenvalue weighted by molar-refractivity contribution is 5.94. The topological polar surface area (TPSA) is 73.9 Å². The summed E-state index contributed by atoms with van der Waals surface area (Å²) in [6.45, 7) is 3.02. The molecule has 1 heterocycles. The zero-order chi connectivity index (χ0) is 20.2. The van der Waals surface area contributed by atoms with E-state index in [-0.39, 0.29) is 5.56 Å². The normalized spacial score (nSPS) is 14.0. The van der Waals surface area contributed by atoms with Gasteiger partial charge in [-0.05, 0) is 35.0 Å². The molecule has 0 spiro atoms. The number of aromatic carboxylic acids is 1. The SMILES string of the molecule is COc1ccc2ccccc2c1CNc1ccc(N2CCOCC2)c(C(=O)[O-])c1. The Hall–Kier alpha value is -3.25. The number of hydrogen-bond donors (Lipinski definition) is 1. The van der Waals surface area contributed by atoms with Gasteiger partial charge in [0, 0.05) is 42.1 Å². The fourth-order valence-corrected chi connectivity index (χ4v) is 3.77. The van der Waals surface area contributed by atoms with Gasteiger partial charge in [0.25, 0.3) is 0 Å². The number of methoxy groups -OCH3 is 1. The first-order chi connectivity index (χ1) is 14.2. The summed E-state index contributed by atoms with van der Waals surface area (Å²) < 4.78 is 10.9. The van der Waals surface area contributed by atoms with Gasteiger partial charge in [-0.15, -0.1) is 0 Å². The predicted octanol–water partition coefficient (Wildman–Crippen LogP) is 2.66. The Morgan fingerprint density at radius 3 is 2.69 bits per heavy atom. The number of benzene rings is 3. The van der Waals surface area contributed by atoms with Crippen LogP contribution >= 0.6 is 0 Å². The Morgan fingerprint density at radius 2 is 1.93 bits per heavy atom. The van der Waals surface area contributed by atoms with E-state index in [0.717, 1.165) is 27.8 Å². The molecule has 1 N–H and O–H groups in total. The lowest BCUT2D eigenvalue weighted by molar-refractivity contribution is -0.254. The standard InChI is InChI=1S/C23H24N2O4/c1-28-22-9-6-16-4-2-3-5-18(16)20(22)15-24-17-7-8-21(19(14-17)23(26)27)25-10-12-29-13-11-25/h2-9,14,24H,10-13,15H2,1H3,(H,26,27)/p-1. The van der Waals surface area contributed by atoms with Crippen LogP contribution in [0.25, 0.3) is 10.8 Å². The summed E-state index contributed by atoms with van der Waals surface area (Å²) in [5, 5.41) is 17.3. The van der Waals surface area contributed by atoms with E-state index in [9.17, 15) is 9.90 Å². The Kier molecular flexibility index (Phi) is 5.53. The maximum absolute atomic E-state index is 11.7. The molecular formula is C23H23N2O4-. The fourth-order valence-electron chi connectivity index (χ4n) is 3.77. The highest BCUT2D eigenvalue weighted by Gasteiger charge is 2.16. The van der Waals surface area contributed by atoms with Crippen LogP contribution in [0.4, 0.5) is 11.4 Å². The average Bonchev–Trinajstić information content (AvgIpc) is 2.77. The number of anilines is 2. The van der Waals surface area contributed by atoms with Crippen molar-refractivity contribution in [1.29, 1.82) is 0 Å². The molecule has 3 aromatic carbocycles. The number of fused-ring (bicyclic) bond motifs is 1. The van der Waals surface area contributed by atoms with Gasteiger partial charge in [-0.2, -0.15) is 0 Å². The van der Waals surface area contributed by atoms with Crippen molar-refractivity contribution in [2.45, 2.75) is 6.54 Å². The molecule has 4 rings (SSSR count). The monoisotopic (exact) mass is 391 g/mol. The molecule has 0 aromatic heterocycles. The highest BCUT2D eigenvalue weighted by atomic mass is 16.5. The van der Waals surface area contributed by atoms with Gasteiger partial charge in [-0.25, -0.2) is 0 Å². The maximum Gasteiger partial charge on any atom is 0.124 e.